The second-order valence-electron chi connectivity index (χ2n) is 26.3. The first kappa shape index (κ1) is 55.9. The van der Waals surface area contributed by atoms with E-state index in [0.717, 1.165) is 81.8 Å². The molecule has 1 spiro atoms. The van der Waals surface area contributed by atoms with Crippen LogP contribution in [-0.4, -0.2) is 176 Å². The molecule has 12 heterocycles. The Morgan fingerprint density at radius 3 is 2.16 bits per heavy atom. The number of hydrogen-bond acceptors (Lipinski definition) is 17. The Kier molecular flexibility index (Phi) is 16.3. The van der Waals surface area contributed by atoms with Crippen molar-refractivity contribution in [3.05, 3.63) is 24.3 Å². The van der Waals surface area contributed by atoms with E-state index in [0.29, 0.717) is 57.8 Å². The molecule has 0 radical (unpaired) electrons. The molecule has 12 aliphatic heterocycles. The highest BCUT2D eigenvalue weighted by molar-refractivity contribution is 5.70. The maximum absolute atomic E-state index is 14.5. The van der Waals surface area contributed by atoms with E-state index in [1.807, 2.05) is 0 Å². The lowest BCUT2D eigenvalue weighted by Crippen LogP contribution is -2.61. The number of carbonyl (C=O) groups is 1. The lowest BCUT2D eigenvalue weighted by Gasteiger charge is -2.51. The molecule has 0 aliphatic carbocycles. The third kappa shape index (κ3) is 11.2. The van der Waals surface area contributed by atoms with Crippen molar-refractivity contribution in [2.75, 3.05) is 20.8 Å². The van der Waals surface area contributed by atoms with E-state index in [2.05, 4.69) is 40.9 Å². The molecule has 0 aromatic rings. The third-order valence-electron chi connectivity index (χ3n) is 20.9. The maximum Gasteiger partial charge on any atom is 0.308 e. The summed E-state index contributed by atoms with van der Waals surface area (Å²) in [5.41, 5.74) is 2.19. The van der Waals surface area contributed by atoms with Crippen LogP contribution in [-0.2, 0) is 71.1 Å². The highest BCUT2D eigenvalue weighted by Gasteiger charge is 2.60. The lowest BCUT2D eigenvalue weighted by molar-refractivity contribution is -0.337. The van der Waals surface area contributed by atoms with E-state index in [1.165, 1.54) is 0 Å². The van der Waals surface area contributed by atoms with Crippen LogP contribution in [0.2, 0.25) is 0 Å². The second-order valence-corrected chi connectivity index (χ2v) is 26.3. The largest absolute Gasteiger partial charge is 0.459 e. The summed E-state index contributed by atoms with van der Waals surface area (Å²) in [6, 6.07) is 0. The zero-order valence-corrected chi connectivity index (χ0v) is 46.8. The van der Waals surface area contributed by atoms with E-state index < -0.39 is 41.8 Å². The van der Waals surface area contributed by atoms with Gasteiger partial charge in [-0.3, -0.25) is 4.79 Å². The molecule has 12 fully saturated rings. The van der Waals surface area contributed by atoms with Crippen LogP contribution < -0.4 is 0 Å². The average molecular weight is 1090 g/mol. The van der Waals surface area contributed by atoms with E-state index in [-0.39, 0.29) is 140 Å². The zero-order valence-electron chi connectivity index (χ0n) is 46.8. The summed E-state index contributed by atoms with van der Waals surface area (Å²) in [6.45, 7) is 17.6. The quantitative estimate of drug-likeness (QED) is 0.171. The van der Waals surface area contributed by atoms with Crippen molar-refractivity contribution in [2.45, 2.75) is 302 Å². The van der Waals surface area contributed by atoms with Crippen molar-refractivity contribution in [3.8, 4) is 0 Å². The van der Waals surface area contributed by atoms with Gasteiger partial charge < -0.3 is 76.5 Å². The number of ether oxygens (including phenoxy) is 14. The van der Waals surface area contributed by atoms with Gasteiger partial charge >= 0.3 is 5.97 Å². The molecule has 4 unspecified atom stereocenters. The molecular formula is C60H92O17. The van der Waals surface area contributed by atoms with Crippen molar-refractivity contribution < 1.29 is 81.3 Å². The number of rotatable bonds is 9. The Labute approximate surface area is 456 Å². The summed E-state index contributed by atoms with van der Waals surface area (Å²) in [5, 5.41) is 20.4. The minimum atomic E-state index is -0.830. The SMILES string of the molecule is C=C1C2C[C@@H]3O[C@H]4C[C@H]5O[C@](CCC[C@@H](C)C[C@]6(OC)C[C@H](C)[C@@H]7OC(CO)[C@H](O)C[C@@H]7O6)(OC)C[C@H]5O[C@H]4[C@H](C)[C@H]3OC(=O)C[C@H]3CC[C@@H]4O[C@@H]5C[C@@H](O[C@]6(CCC5O6)CC[C@H]5CC(=C)[C@H](CCC(C[C@H]1C)O2)O5)[C@H]4O3. The number of esters is 1. The molecular weight excluding hydrogens is 993 g/mol. The number of hydrogen-bond donors (Lipinski definition) is 2. The lowest BCUT2D eigenvalue weighted by atomic mass is 9.79. The minimum absolute atomic E-state index is 0.00404. The number of aliphatic hydroxyl groups is 2. The molecule has 10 bridgehead atoms. The molecule has 17 heteroatoms. The Morgan fingerprint density at radius 1 is 0.623 bits per heavy atom. The van der Waals surface area contributed by atoms with Crippen molar-refractivity contribution >= 4 is 5.97 Å². The molecule has 0 aromatic heterocycles. The Morgan fingerprint density at radius 2 is 1.34 bits per heavy atom. The second kappa shape index (κ2) is 22.5. The van der Waals surface area contributed by atoms with E-state index in [1.54, 1.807) is 14.2 Å². The average Bonchev–Trinajstić information content (AvgIpc) is 4.23. The minimum Gasteiger partial charge on any atom is -0.459 e. The normalized spacial score (nSPS) is 52.3. The van der Waals surface area contributed by atoms with Gasteiger partial charge in [0.25, 0.3) is 0 Å². The Balaban J connectivity index is 0.727. The highest BCUT2D eigenvalue weighted by Crippen LogP contribution is 2.51. The van der Waals surface area contributed by atoms with Gasteiger partial charge in [-0.25, -0.2) is 0 Å². The monoisotopic (exact) mass is 1080 g/mol. The molecule has 2 N–H and O–H groups in total. The first-order valence-corrected chi connectivity index (χ1v) is 30.3. The van der Waals surface area contributed by atoms with Gasteiger partial charge in [0, 0.05) is 84.3 Å². The van der Waals surface area contributed by atoms with Crippen LogP contribution in [0.3, 0.4) is 0 Å². The number of methoxy groups -OCH3 is 2. The van der Waals surface area contributed by atoms with Crippen molar-refractivity contribution in [1.29, 1.82) is 0 Å². The Hall–Kier alpha value is -1.65. The Bertz CT molecular complexity index is 2110. The predicted octanol–water partition coefficient (Wildman–Crippen LogP) is 7.46. The van der Waals surface area contributed by atoms with E-state index in [4.69, 9.17) is 66.3 Å². The standard InChI is InChI=1S/C60H92O17/c1-31(27-60(65-8)28-34(4)54-49(77-60)23-40(62)52(30-61)72-54)10-9-17-59(64-7)29-51-46(75-59)26-48-55(71-51)36(6)56-47(70-48)24-44-35(5)32(2)20-37(67-44)11-13-41-33(3)21-39(66-41)15-18-58-19-16-42(74-58)45-25-50(76-58)57-43(69-45)14-12-38(68-57)22-53(63)73-56/h31-32,34,36-52,54-57,61-62H,3,5,9-30H2,1-2,4,6-8H3/t31-,32-,34+,36+,37?,38-,39+,40-,41+,42?,43+,44?,45-,46-,47+,48+,49+,50-,51-,52?,54+,55+,56-,57+,58+,59+,60-/m1/s1. The van der Waals surface area contributed by atoms with Crippen LogP contribution in [0.4, 0.5) is 0 Å². The van der Waals surface area contributed by atoms with Gasteiger partial charge in [0.05, 0.1) is 117 Å². The molecule has 12 rings (SSSR count). The zero-order chi connectivity index (χ0) is 53.5. The van der Waals surface area contributed by atoms with Gasteiger partial charge in [-0.1, -0.05) is 47.3 Å². The van der Waals surface area contributed by atoms with Crippen LogP contribution in [0.1, 0.15) is 163 Å². The summed E-state index contributed by atoms with van der Waals surface area (Å²) in [6.07, 6.45) is 9.46. The molecule has 0 saturated carbocycles. The molecule has 17 nitrogen and oxygen atoms in total. The molecule has 0 aromatic carbocycles. The fourth-order valence-corrected chi connectivity index (χ4v) is 16.7. The van der Waals surface area contributed by atoms with Crippen LogP contribution in [0.25, 0.3) is 0 Å². The topological polar surface area (TPSA) is 187 Å². The predicted molar refractivity (Wildman–Crippen MR) is 277 cm³/mol. The van der Waals surface area contributed by atoms with E-state index in [9.17, 15) is 15.0 Å². The number of fused-ring (bicyclic) bond motifs is 12. The van der Waals surface area contributed by atoms with Crippen molar-refractivity contribution in [1.82, 2.24) is 0 Å². The van der Waals surface area contributed by atoms with Gasteiger partial charge in [0.2, 0.25) is 0 Å². The molecule has 434 valence electrons. The summed E-state index contributed by atoms with van der Waals surface area (Å²) in [7, 11) is 3.44. The summed E-state index contributed by atoms with van der Waals surface area (Å²) < 4.78 is 94.3. The summed E-state index contributed by atoms with van der Waals surface area (Å²) in [4.78, 5) is 14.5. The van der Waals surface area contributed by atoms with Crippen LogP contribution in [0.15, 0.2) is 24.3 Å². The summed E-state index contributed by atoms with van der Waals surface area (Å²) >= 11 is 0. The van der Waals surface area contributed by atoms with E-state index >= 15 is 0 Å². The molecule has 0 amide bonds. The number of aliphatic hydroxyl groups excluding tert-OH is 2. The fraction of sp³-hybridized carbons (Fsp3) is 0.917. The molecule has 27 atom stereocenters. The van der Waals surface area contributed by atoms with Crippen molar-refractivity contribution in [3.63, 3.8) is 0 Å². The van der Waals surface area contributed by atoms with Gasteiger partial charge in [-0.2, -0.15) is 0 Å². The molecule has 77 heavy (non-hydrogen) atoms. The van der Waals surface area contributed by atoms with Crippen LogP contribution >= 0.6 is 0 Å². The highest BCUT2D eigenvalue weighted by atomic mass is 16.7. The maximum atomic E-state index is 14.5. The smallest absolute Gasteiger partial charge is 0.308 e. The van der Waals surface area contributed by atoms with Gasteiger partial charge in [0.1, 0.15) is 18.3 Å². The third-order valence-corrected chi connectivity index (χ3v) is 20.9. The van der Waals surface area contributed by atoms with Crippen LogP contribution in [0, 0.1) is 23.7 Å². The molecule has 12 saturated heterocycles. The summed E-state index contributed by atoms with van der Waals surface area (Å²) in [5.74, 6) is -2.23. The first-order valence-electron chi connectivity index (χ1n) is 30.3. The first-order chi connectivity index (χ1) is 37.0. The van der Waals surface area contributed by atoms with Crippen LogP contribution in [0.5, 0.6) is 0 Å². The number of carbonyl (C=O) groups excluding carboxylic acids is 1. The van der Waals surface area contributed by atoms with Gasteiger partial charge in [-0.05, 0) is 86.7 Å². The van der Waals surface area contributed by atoms with Gasteiger partial charge in [-0.15, -0.1) is 0 Å². The van der Waals surface area contributed by atoms with Gasteiger partial charge in [0.15, 0.2) is 17.4 Å². The fourth-order valence-electron chi connectivity index (χ4n) is 16.7. The molecule has 12 aliphatic rings. The van der Waals surface area contributed by atoms with Crippen molar-refractivity contribution in [2.24, 2.45) is 23.7 Å².